The molecule has 0 spiro atoms. The lowest BCUT2D eigenvalue weighted by molar-refractivity contribution is -0.118. The number of rotatable bonds is 10. The van der Waals surface area contributed by atoms with E-state index in [1.54, 1.807) is 60.7 Å². The first-order valence-corrected chi connectivity index (χ1v) is 12.8. The standard InChI is InChI=1S/C28H24N2O6S/c31-27(19-35-23-11-3-1-4-12-23)29-21-9-7-15-25(17-21)37(33,34)26-16-8-10-22(18-26)30-28(32)20-36-24-13-5-2-6-14-24/h1-18H,19-20H2,(H,29,31)(H,30,32). The second-order valence-electron chi connectivity index (χ2n) is 7.86. The number of hydrogen-bond acceptors (Lipinski definition) is 6. The Morgan fingerprint density at radius 2 is 0.973 bits per heavy atom. The highest BCUT2D eigenvalue weighted by Gasteiger charge is 2.19. The number of hydrogen-bond donors (Lipinski definition) is 2. The molecule has 8 nitrogen and oxygen atoms in total. The normalized spacial score (nSPS) is 10.8. The zero-order valence-corrected chi connectivity index (χ0v) is 20.5. The molecule has 2 amide bonds. The van der Waals surface area contributed by atoms with Gasteiger partial charge in [-0.3, -0.25) is 9.59 Å². The van der Waals surface area contributed by atoms with Gasteiger partial charge in [0.05, 0.1) is 9.79 Å². The van der Waals surface area contributed by atoms with Gasteiger partial charge in [0.15, 0.2) is 13.2 Å². The Bertz CT molecular complexity index is 1370. The average molecular weight is 517 g/mol. The quantitative estimate of drug-likeness (QED) is 0.320. The number of ether oxygens (including phenoxy) is 2. The number of para-hydroxylation sites is 2. The van der Waals surface area contributed by atoms with Crippen molar-refractivity contribution in [3.8, 4) is 11.5 Å². The van der Waals surface area contributed by atoms with Gasteiger partial charge in [-0.1, -0.05) is 48.5 Å². The maximum atomic E-state index is 13.3. The van der Waals surface area contributed by atoms with E-state index in [2.05, 4.69) is 10.6 Å². The van der Waals surface area contributed by atoms with Crippen LogP contribution in [-0.4, -0.2) is 33.4 Å². The molecule has 0 radical (unpaired) electrons. The molecule has 0 heterocycles. The minimum atomic E-state index is -3.93. The van der Waals surface area contributed by atoms with Crippen LogP contribution in [0.1, 0.15) is 0 Å². The predicted molar refractivity (Wildman–Crippen MR) is 139 cm³/mol. The van der Waals surface area contributed by atoms with Crippen molar-refractivity contribution in [3.63, 3.8) is 0 Å². The lowest BCUT2D eigenvalue weighted by Crippen LogP contribution is -2.20. The molecule has 0 unspecified atom stereocenters. The highest BCUT2D eigenvalue weighted by atomic mass is 32.2. The van der Waals surface area contributed by atoms with Crippen LogP contribution >= 0.6 is 0 Å². The van der Waals surface area contributed by atoms with Crippen molar-refractivity contribution < 1.29 is 27.5 Å². The Balaban J connectivity index is 1.40. The van der Waals surface area contributed by atoms with Gasteiger partial charge in [-0.2, -0.15) is 0 Å². The highest BCUT2D eigenvalue weighted by molar-refractivity contribution is 7.91. The van der Waals surface area contributed by atoms with Gasteiger partial charge in [-0.15, -0.1) is 0 Å². The Morgan fingerprint density at radius 3 is 1.38 bits per heavy atom. The van der Waals surface area contributed by atoms with Crippen molar-refractivity contribution in [1.82, 2.24) is 0 Å². The molecule has 0 aromatic heterocycles. The van der Waals surface area contributed by atoms with E-state index < -0.39 is 21.7 Å². The van der Waals surface area contributed by atoms with Crippen LogP contribution in [0.3, 0.4) is 0 Å². The first kappa shape index (κ1) is 25.5. The van der Waals surface area contributed by atoms with Gasteiger partial charge in [0.25, 0.3) is 11.8 Å². The van der Waals surface area contributed by atoms with Crippen molar-refractivity contribution in [2.24, 2.45) is 0 Å². The minimum absolute atomic E-state index is 0.00911. The van der Waals surface area contributed by atoms with E-state index in [-0.39, 0.29) is 23.0 Å². The molecular weight excluding hydrogens is 492 g/mol. The van der Waals surface area contributed by atoms with Gasteiger partial charge in [-0.25, -0.2) is 8.42 Å². The van der Waals surface area contributed by atoms with Crippen molar-refractivity contribution >= 4 is 33.0 Å². The van der Waals surface area contributed by atoms with E-state index in [0.717, 1.165) is 0 Å². The third-order valence-electron chi connectivity index (χ3n) is 5.08. The molecule has 0 bridgehead atoms. The highest BCUT2D eigenvalue weighted by Crippen LogP contribution is 2.25. The van der Waals surface area contributed by atoms with Crippen LogP contribution in [0.4, 0.5) is 11.4 Å². The fourth-order valence-electron chi connectivity index (χ4n) is 3.34. The molecule has 0 saturated heterocycles. The van der Waals surface area contributed by atoms with Gasteiger partial charge in [0.2, 0.25) is 9.84 Å². The molecule has 2 N–H and O–H groups in total. The molecule has 0 aliphatic carbocycles. The second kappa shape index (κ2) is 11.9. The largest absolute Gasteiger partial charge is 0.484 e. The third-order valence-corrected chi connectivity index (χ3v) is 6.83. The third kappa shape index (κ3) is 7.18. The number of nitrogens with one attached hydrogen (secondary N) is 2. The summed E-state index contributed by atoms with van der Waals surface area (Å²) in [7, 11) is -3.93. The first-order valence-electron chi connectivity index (χ1n) is 11.3. The van der Waals surface area contributed by atoms with Crippen LogP contribution in [0.15, 0.2) is 119 Å². The molecule has 0 atom stereocenters. The average Bonchev–Trinajstić information content (AvgIpc) is 2.92. The molecule has 4 aromatic rings. The molecule has 0 aliphatic rings. The minimum Gasteiger partial charge on any atom is -0.484 e. The number of carbonyl (C=O) groups is 2. The van der Waals surface area contributed by atoms with Gasteiger partial charge in [0, 0.05) is 11.4 Å². The van der Waals surface area contributed by atoms with Crippen molar-refractivity contribution in [2.45, 2.75) is 9.79 Å². The van der Waals surface area contributed by atoms with Crippen LogP contribution in [0.5, 0.6) is 11.5 Å². The van der Waals surface area contributed by atoms with E-state index in [4.69, 9.17) is 9.47 Å². The SMILES string of the molecule is O=C(COc1ccccc1)Nc1cccc(S(=O)(=O)c2cccc(NC(=O)COc3ccccc3)c2)c1. The van der Waals surface area contributed by atoms with Crippen molar-refractivity contribution in [2.75, 3.05) is 23.8 Å². The van der Waals surface area contributed by atoms with Crippen LogP contribution in [0.2, 0.25) is 0 Å². The molecule has 9 heteroatoms. The monoisotopic (exact) mass is 516 g/mol. The van der Waals surface area contributed by atoms with E-state index in [9.17, 15) is 18.0 Å². The van der Waals surface area contributed by atoms with E-state index in [1.807, 2.05) is 12.1 Å². The molecule has 0 saturated carbocycles. The smallest absolute Gasteiger partial charge is 0.262 e. The summed E-state index contributed by atoms with van der Waals surface area (Å²) in [6.07, 6.45) is 0. The summed E-state index contributed by atoms with van der Waals surface area (Å²) in [4.78, 5) is 24.5. The van der Waals surface area contributed by atoms with Gasteiger partial charge in [-0.05, 0) is 60.7 Å². The number of anilines is 2. The fraction of sp³-hybridized carbons (Fsp3) is 0.0714. The molecule has 188 valence electrons. The number of benzene rings is 4. The topological polar surface area (TPSA) is 111 Å². The Hall–Kier alpha value is -4.63. The summed E-state index contributed by atoms with van der Waals surface area (Å²) in [6, 6.07) is 29.6. The molecular formula is C28H24N2O6S. The zero-order chi connectivity index (χ0) is 26.1. The molecule has 37 heavy (non-hydrogen) atoms. The summed E-state index contributed by atoms with van der Waals surface area (Å²) in [5, 5.41) is 5.28. The first-order chi connectivity index (χ1) is 17.9. The van der Waals surface area contributed by atoms with Gasteiger partial charge in [0.1, 0.15) is 11.5 Å². The molecule has 0 aliphatic heterocycles. The number of carbonyl (C=O) groups excluding carboxylic acids is 2. The van der Waals surface area contributed by atoms with Crippen LogP contribution < -0.4 is 20.1 Å². The summed E-state index contributed by atoms with van der Waals surface area (Å²) >= 11 is 0. The summed E-state index contributed by atoms with van der Waals surface area (Å²) in [5.41, 5.74) is 0.621. The maximum absolute atomic E-state index is 13.3. The Morgan fingerprint density at radius 1 is 0.568 bits per heavy atom. The van der Waals surface area contributed by atoms with E-state index in [0.29, 0.717) is 22.9 Å². The Kier molecular flexibility index (Phi) is 8.17. The van der Waals surface area contributed by atoms with Gasteiger partial charge < -0.3 is 20.1 Å². The second-order valence-corrected chi connectivity index (χ2v) is 9.81. The summed E-state index contributed by atoms with van der Waals surface area (Å²) in [5.74, 6) is 0.238. The molecule has 4 rings (SSSR count). The van der Waals surface area contributed by atoms with Crippen LogP contribution in [0.25, 0.3) is 0 Å². The maximum Gasteiger partial charge on any atom is 0.262 e. The predicted octanol–water partition coefficient (Wildman–Crippen LogP) is 4.55. The number of amides is 2. The van der Waals surface area contributed by atoms with Crippen molar-refractivity contribution in [3.05, 3.63) is 109 Å². The van der Waals surface area contributed by atoms with Crippen molar-refractivity contribution in [1.29, 1.82) is 0 Å². The molecule has 4 aromatic carbocycles. The zero-order valence-electron chi connectivity index (χ0n) is 19.7. The lowest BCUT2D eigenvalue weighted by Gasteiger charge is -2.11. The summed E-state index contributed by atoms with van der Waals surface area (Å²) in [6.45, 7) is -0.451. The Labute approximate surface area is 214 Å². The van der Waals surface area contributed by atoms with E-state index in [1.165, 1.54) is 36.4 Å². The van der Waals surface area contributed by atoms with E-state index >= 15 is 0 Å². The van der Waals surface area contributed by atoms with Crippen LogP contribution in [-0.2, 0) is 19.4 Å². The fourth-order valence-corrected chi connectivity index (χ4v) is 4.70. The lowest BCUT2D eigenvalue weighted by atomic mass is 10.3. The van der Waals surface area contributed by atoms with Crippen LogP contribution in [0, 0.1) is 0 Å². The summed E-state index contributed by atoms with van der Waals surface area (Å²) < 4.78 is 37.4. The number of sulfone groups is 1. The molecule has 0 fully saturated rings. The van der Waals surface area contributed by atoms with Gasteiger partial charge >= 0.3 is 0 Å².